The molecule has 22 heavy (non-hydrogen) atoms. The molecule has 0 aliphatic heterocycles. The van der Waals surface area contributed by atoms with E-state index in [0.717, 1.165) is 25.5 Å². The minimum Gasteiger partial charge on any atom is -0.378 e. The van der Waals surface area contributed by atoms with E-state index in [1.54, 1.807) is 0 Å². The van der Waals surface area contributed by atoms with Gasteiger partial charge < -0.3 is 15.0 Å². The molecule has 0 aromatic carbocycles. The molecular weight excluding hydrogens is 300 g/mol. The number of hydrogen-bond acceptors (Lipinski definition) is 3. The maximum atomic E-state index is 12.4. The van der Waals surface area contributed by atoms with Crippen LogP contribution in [0.3, 0.4) is 0 Å². The summed E-state index contributed by atoms with van der Waals surface area (Å²) in [7, 11) is 1.99. The average Bonchev–Trinajstić information content (AvgIpc) is 3.14. The molecule has 1 amide bonds. The molecule has 0 bridgehead atoms. The lowest BCUT2D eigenvalue weighted by molar-refractivity contribution is -0.171. The molecule has 1 spiro atoms. The van der Waals surface area contributed by atoms with E-state index in [9.17, 15) is 4.79 Å². The fourth-order valence-electron chi connectivity index (χ4n) is 4.40. The Morgan fingerprint density at radius 2 is 2.00 bits per heavy atom. The molecule has 2 atom stereocenters. The monoisotopic (exact) mass is 330 g/mol. The molecular formula is C17H31ClN2O2. The molecule has 2 unspecified atom stereocenters. The minimum absolute atomic E-state index is 0. The lowest BCUT2D eigenvalue weighted by atomic mass is 9.60. The van der Waals surface area contributed by atoms with Crippen molar-refractivity contribution in [2.45, 2.75) is 64.0 Å². The van der Waals surface area contributed by atoms with Crippen molar-refractivity contribution in [2.24, 2.45) is 11.3 Å². The summed E-state index contributed by atoms with van der Waals surface area (Å²) in [5.74, 6) is 1.08. The first-order chi connectivity index (χ1) is 10.2. The summed E-state index contributed by atoms with van der Waals surface area (Å²) in [5.41, 5.74) is 0.261. The second-order valence-corrected chi connectivity index (χ2v) is 7.21. The van der Waals surface area contributed by atoms with Crippen molar-refractivity contribution < 1.29 is 9.53 Å². The topological polar surface area (TPSA) is 41.6 Å². The van der Waals surface area contributed by atoms with E-state index in [0.29, 0.717) is 18.7 Å². The molecule has 3 rings (SSSR count). The first kappa shape index (κ1) is 18.0. The number of carbonyl (C=O) groups is 1. The number of rotatable bonds is 7. The number of halogens is 1. The highest BCUT2D eigenvalue weighted by molar-refractivity contribution is 5.85. The van der Waals surface area contributed by atoms with Crippen LogP contribution in [0.25, 0.3) is 0 Å². The quantitative estimate of drug-likeness (QED) is 0.780. The summed E-state index contributed by atoms with van der Waals surface area (Å²) in [6, 6.07) is 0.395. The first-order valence-corrected chi connectivity index (χ1v) is 8.75. The van der Waals surface area contributed by atoms with Gasteiger partial charge in [0, 0.05) is 25.1 Å². The Morgan fingerprint density at radius 3 is 2.59 bits per heavy atom. The van der Waals surface area contributed by atoms with Gasteiger partial charge in [0.2, 0.25) is 5.91 Å². The summed E-state index contributed by atoms with van der Waals surface area (Å²) < 4.78 is 5.94. The highest BCUT2D eigenvalue weighted by Crippen LogP contribution is 2.56. The van der Waals surface area contributed by atoms with Crippen molar-refractivity contribution in [3.63, 3.8) is 0 Å². The zero-order valence-electron chi connectivity index (χ0n) is 14.0. The van der Waals surface area contributed by atoms with Gasteiger partial charge in [0.1, 0.15) is 0 Å². The van der Waals surface area contributed by atoms with E-state index in [4.69, 9.17) is 4.74 Å². The number of likely N-dealkylation sites (N-methyl/N-ethyl adjacent to an activating group) is 1. The molecule has 3 saturated carbocycles. The Bertz CT molecular complexity index is 381. The fourth-order valence-corrected chi connectivity index (χ4v) is 4.40. The standard InChI is InChI=1S/C17H30N2O2.ClH/c1-3-21-15-10-14(17(15)8-4-5-9-17)19(2)16(20)12-18-11-13-6-7-13;/h13-15,18H,3-12H2,1-2H3;1H. The molecule has 0 aromatic rings. The van der Waals surface area contributed by atoms with Crippen LogP contribution in [0.2, 0.25) is 0 Å². The summed E-state index contributed by atoms with van der Waals surface area (Å²) in [6.07, 6.45) is 9.12. The third-order valence-electron chi connectivity index (χ3n) is 5.91. The molecule has 3 aliphatic rings. The van der Waals surface area contributed by atoms with E-state index in [2.05, 4.69) is 12.2 Å². The first-order valence-electron chi connectivity index (χ1n) is 8.75. The zero-order valence-corrected chi connectivity index (χ0v) is 14.8. The minimum atomic E-state index is 0. The molecule has 0 saturated heterocycles. The molecule has 3 fully saturated rings. The maximum absolute atomic E-state index is 12.4. The summed E-state index contributed by atoms with van der Waals surface area (Å²) in [5, 5.41) is 3.32. The SMILES string of the molecule is CCOC1CC(N(C)C(=O)CNCC2CC2)C12CCCC2.Cl. The average molecular weight is 331 g/mol. The van der Waals surface area contributed by atoms with Crippen LogP contribution in [0.15, 0.2) is 0 Å². The van der Waals surface area contributed by atoms with Gasteiger partial charge in [-0.3, -0.25) is 4.79 Å². The molecule has 5 heteroatoms. The van der Waals surface area contributed by atoms with Gasteiger partial charge in [0.15, 0.2) is 0 Å². The molecule has 3 aliphatic carbocycles. The number of ether oxygens (including phenoxy) is 1. The predicted octanol–water partition coefficient (Wildman–Crippen LogP) is 2.60. The van der Waals surface area contributed by atoms with Gasteiger partial charge in [-0.15, -0.1) is 12.4 Å². The number of nitrogens with zero attached hydrogens (tertiary/aromatic N) is 1. The van der Waals surface area contributed by atoms with Gasteiger partial charge >= 0.3 is 0 Å². The van der Waals surface area contributed by atoms with Crippen LogP contribution < -0.4 is 5.32 Å². The van der Waals surface area contributed by atoms with Crippen LogP contribution in [-0.2, 0) is 9.53 Å². The Labute approximate surface area is 140 Å². The lowest BCUT2D eigenvalue weighted by Crippen LogP contribution is -2.64. The highest BCUT2D eigenvalue weighted by atomic mass is 35.5. The van der Waals surface area contributed by atoms with Gasteiger partial charge in [-0.1, -0.05) is 12.8 Å². The zero-order chi connectivity index (χ0) is 14.9. The van der Waals surface area contributed by atoms with Gasteiger partial charge in [-0.2, -0.15) is 0 Å². The third-order valence-corrected chi connectivity index (χ3v) is 5.91. The van der Waals surface area contributed by atoms with Crippen molar-refractivity contribution in [2.75, 3.05) is 26.7 Å². The maximum Gasteiger partial charge on any atom is 0.236 e. The Kier molecular flexibility index (Phi) is 6.14. The van der Waals surface area contributed by atoms with Crippen LogP contribution in [0, 0.1) is 11.3 Å². The van der Waals surface area contributed by atoms with Crippen molar-refractivity contribution >= 4 is 18.3 Å². The summed E-state index contributed by atoms with van der Waals surface area (Å²) >= 11 is 0. The smallest absolute Gasteiger partial charge is 0.236 e. The predicted molar refractivity (Wildman–Crippen MR) is 90.3 cm³/mol. The third kappa shape index (κ3) is 3.44. The van der Waals surface area contributed by atoms with Crippen molar-refractivity contribution in [1.82, 2.24) is 10.2 Å². The molecule has 0 aromatic heterocycles. The molecule has 128 valence electrons. The number of carbonyl (C=O) groups excluding carboxylic acids is 1. The largest absolute Gasteiger partial charge is 0.378 e. The molecule has 0 radical (unpaired) electrons. The number of hydrogen-bond donors (Lipinski definition) is 1. The lowest BCUT2D eigenvalue weighted by Gasteiger charge is -2.57. The van der Waals surface area contributed by atoms with Crippen LogP contribution in [-0.4, -0.2) is 49.7 Å². The van der Waals surface area contributed by atoms with Gasteiger partial charge in [0.05, 0.1) is 12.6 Å². The molecule has 1 N–H and O–H groups in total. The van der Waals surface area contributed by atoms with Crippen LogP contribution in [0.4, 0.5) is 0 Å². The Balaban J connectivity index is 0.00000176. The van der Waals surface area contributed by atoms with E-state index in [1.807, 2.05) is 11.9 Å². The van der Waals surface area contributed by atoms with E-state index in [1.165, 1.54) is 38.5 Å². The van der Waals surface area contributed by atoms with Gasteiger partial charge in [-0.25, -0.2) is 0 Å². The van der Waals surface area contributed by atoms with E-state index >= 15 is 0 Å². The summed E-state index contributed by atoms with van der Waals surface area (Å²) in [4.78, 5) is 14.4. The second kappa shape index (κ2) is 7.50. The second-order valence-electron chi connectivity index (χ2n) is 7.21. The molecule has 4 nitrogen and oxygen atoms in total. The molecule has 0 heterocycles. The van der Waals surface area contributed by atoms with Crippen molar-refractivity contribution in [3.05, 3.63) is 0 Å². The number of nitrogens with one attached hydrogen (secondary N) is 1. The van der Waals surface area contributed by atoms with E-state index in [-0.39, 0.29) is 23.7 Å². The van der Waals surface area contributed by atoms with Crippen molar-refractivity contribution in [3.8, 4) is 0 Å². The van der Waals surface area contributed by atoms with Crippen molar-refractivity contribution in [1.29, 1.82) is 0 Å². The van der Waals surface area contributed by atoms with E-state index < -0.39 is 0 Å². The van der Waals surface area contributed by atoms with Crippen LogP contribution in [0.5, 0.6) is 0 Å². The van der Waals surface area contributed by atoms with Gasteiger partial charge in [-0.05, 0) is 51.5 Å². The number of amides is 1. The normalized spacial score (nSPS) is 29.0. The Hall–Kier alpha value is -0.320. The van der Waals surface area contributed by atoms with Crippen LogP contribution >= 0.6 is 12.4 Å². The summed E-state index contributed by atoms with van der Waals surface area (Å²) in [6.45, 7) is 4.38. The Morgan fingerprint density at radius 1 is 1.32 bits per heavy atom. The fraction of sp³-hybridized carbons (Fsp3) is 0.941. The van der Waals surface area contributed by atoms with Gasteiger partial charge in [0.25, 0.3) is 0 Å². The van der Waals surface area contributed by atoms with Crippen LogP contribution in [0.1, 0.15) is 51.9 Å². The highest BCUT2D eigenvalue weighted by Gasteiger charge is 2.58.